The van der Waals surface area contributed by atoms with E-state index >= 15 is 0 Å². The standard InChI is InChI=1S/C18H21BrN2O2/c1-13-4-2-3-5-14(13)12-21-10-8-15(9-11-21)20-18(22)16-6-7-17(19)23-16/h2-7,15H,8-12H2,1H3,(H,20,22). The number of hydrogen-bond donors (Lipinski definition) is 1. The van der Waals surface area contributed by atoms with Crippen molar-refractivity contribution in [3.8, 4) is 0 Å². The summed E-state index contributed by atoms with van der Waals surface area (Å²) in [6.07, 6.45) is 1.94. The van der Waals surface area contributed by atoms with Crippen molar-refractivity contribution < 1.29 is 9.21 Å². The van der Waals surface area contributed by atoms with E-state index in [2.05, 4.69) is 57.3 Å². The number of nitrogens with one attached hydrogen (secondary N) is 1. The first-order valence-electron chi connectivity index (χ1n) is 7.95. The lowest BCUT2D eigenvalue weighted by molar-refractivity contribution is 0.0879. The fourth-order valence-electron chi connectivity index (χ4n) is 2.96. The Hall–Kier alpha value is -1.59. The van der Waals surface area contributed by atoms with Crippen molar-refractivity contribution in [2.75, 3.05) is 13.1 Å². The van der Waals surface area contributed by atoms with Gasteiger partial charge in [-0.2, -0.15) is 0 Å². The maximum absolute atomic E-state index is 12.1. The average molecular weight is 377 g/mol. The van der Waals surface area contributed by atoms with E-state index < -0.39 is 0 Å². The van der Waals surface area contributed by atoms with E-state index in [1.54, 1.807) is 12.1 Å². The Balaban J connectivity index is 1.49. The minimum Gasteiger partial charge on any atom is -0.444 e. The van der Waals surface area contributed by atoms with Crippen LogP contribution < -0.4 is 5.32 Å². The Morgan fingerprint density at radius 3 is 2.65 bits per heavy atom. The van der Waals surface area contributed by atoms with Gasteiger partial charge in [0, 0.05) is 25.7 Å². The number of nitrogens with zero attached hydrogens (tertiary/aromatic N) is 1. The Kier molecular flexibility index (Phi) is 5.18. The second-order valence-corrected chi connectivity index (χ2v) is 6.84. The highest BCUT2D eigenvalue weighted by Crippen LogP contribution is 2.18. The van der Waals surface area contributed by atoms with Gasteiger partial charge >= 0.3 is 0 Å². The molecule has 1 fully saturated rings. The predicted octanol–water partition coefficient (Wildman–Crippen LogP) is 3.74. The molecule has 1 aliphatic rings. The third-order valence-electron chi connectivity index (χ3n) is 4.37. The molecule has 1 saturated heterocycles. The molecule has 0 saturated carbocycles. The average Bonchev–Trinajstić information content (AvgIpc) is 2.98. The van der Waals surface area contributed by atoms with Crippen LogP contribution in [0.15, 0.2) is 45.5 Å². The van der Waals surface area contributed by atoms with Gasteiger partial charge in [-0.3, -0.25) is 9.69 Å². The van der Waals surface area contributed by atoms with Gasteiger partial charge in [0.2, 0.25) is 0 Å². The molecule has 1 amide bonds. The zero-order chi connectivity index (χ0) is 16.2. The zero-order valence-electron chi connectivity index (χ0n) is 13.2. The number of amides is 1. The van der Waals surface area contributed by atoms with Crippen molar-refractivity contribution in [3.05, 3.63) is 58.0 Å². The van der Waals surface area contributed by atoms with Gasteiger partial charge in [-0.25, -0.2) is 0 Å². The van der Waals surface area contributed by atoms with E-state index in [1.165, 1.54) is 11.1 Å². The molecule has 0 bridgehead atoms. The fourth-order valence-corrected chi connectivity index (χ4v) is 3.26. The normalized spacial score (nSPS) is 16.4. The summed E-state index contributed by atoms with van der Waals surface area (Å²) in [7, 11) is 0. The van der Waals surface area contributed by atoms with E-state index in [0.717, 1.165) is 32.5 Å². The second-order valence-electron chi connectivity index (χ2n) is 6.05. The molecule has 2 heterocycles. The smallest absolute Gasteiger partial charge is 0.287 e. The Morgan fingerprint density at radius 1 is 1.26 bits per heavy atom. The molecule has 0 spiro atoms. The molecule has 0 radical (unpaired) electrons. The molecule has 2 aromatic rings. The number of halogens is 1. The number of likely N-dealkylation sites (tertiary alicyclic amines) is 1. The molecule has 5 heteroatoms. The molecule has 4 nitrogen and oxygen atoms in total. The summed E-state index contributed by atoms with van der Waals surface area (Å²) in [6, 6.07) is 12.2. The van der Waals surface area contributed by atoms with E-state index in [9.17, 15) is 4.79 Å². The van der Waals surface area contributed by atoms with Crippen molar-refractivity contribution in [2.24, 2.45) is 0 Å². The lowest BCUT2D eigenvalue weighted by Gasteiger charge is -2.32. The Bertz CT molecular complexity index is 675. The highest BCUT2D eigenvalue weighted by Gasteiger charge is 2.22. The van der Waals surface area contributed by atoms with Crippen LogP contribution in [-0.2, 0) is 6.54 Å². The van der Waals surface area contributed by atoms with Gasteiger partial charge in [0.25, 0.3) is 5.91 Å². The van der Waals surface area contributed by atoms with Crippen molar-refractivity contribution >= 4 is 21.8 Å². The summed E-state index contributed by atoms with van der Waals surface area (Å²) in [4.78, 5) is 14.6. The first-order chi connectivity index (χ1) is 11.1. The summed E-state index contributed by atoms with van der Waals surface area (Å²) in [6.45, 7) is 5.14. The van der Waals surface area contributed by atoms with Crippen LogP contribution in [0.25, 0.3) is 0 Å². The summed E-state index contributed by atoms with van der Waals surface area (Å²) >= 11 is 3.22. The quantitative estimate of drug-likeness (QED) is 0.883. The van der Waals surface area contributed by atoms with Crippen molar-refractivity contribution in [1.29, 1.82) is 0 Å². The van der Waals surface area contributed by atoms with E-state index in [1.807, 2.05) is 0 Å². The molecule has 0 atom stereocenters. The van der Waals surface area contributed by atoms with Crippen LogP contribution in [0.1, 0.15) is 34.5 Å². The largest absolute Gasteiger partial charge is 0.444 e. The molecular weight excluding hydrogens is 356 g/mol. The molecule has 1 aromatic carbocycles. The predicted molar refractivity (Wildman–Crippen MR) is 93.4 cm³/mol. The zero-order valence-corrected chi connectivity index (χ0v) is 14.8. The molecule has 23 heavy (non-hydrogen) atoms. The van der Waals surface area contributed by atoms with Crippen LogP contribution in [-0.4, -0.2) is 29.9 Å². The van der Waals surface area contributed by atoms with Crippen LogP contribution in [0.3, 0.4) is 0 Å². The van der Waals surface area contributed by atoms with Crippen LogP contribution >= 0.6 is 15.9 Å². The van der Waals surface area contributed by atoms with Crippen LogP contribution in [0.5, 0.6) is 0 Å². The maximum atomic E-state index is 12.1. The number of carbonyl (C=O) groups is 1. The van der Waals surface area contributed by atoms with Crippen molar-refractivity contribution in [1.82, 2.24) is 10.2 Å². The first-order valence-corrected chi connectivity index (χ1v) is 8.74. The number of hydrogen-bond acceptors (Lipinski definition) is 3. The molecule has 3 rings (SSSR count). The van der Waals surface area contributed by atoms with Gasteiger partial charge in [-0.15, -0.1) is 0 Å². The number of benzene rings is 1. The topological polar surface area (TPSA) is 45.5 Å². The molecule has 1 aliphatic heterocycles. The molecule has 1 N–H and O–H groups in total. The number of carbonyl (C=O) groups excluding carboxylic acids is 1. The van der Waals surface area contributed by atoms with Crippen LogP contribution in [0.4, 0.5) is 0 Å². The van der Waals surface area contributed by atoms with Gasteiger partial charge in [-0.05, 0) is 59.0 Å². The number of furan rings is 1. The number of aryl methyl sites for hydroxylation is 1. The number of rotatable bonds is 4. The maximum Gasteiger partial charge on any atom is 0.287 e. The summed E-state index contributed by atoms with van der Waals surface area (Å²) in [5.41, 5.74) is 2.72. The third kappa shape index (κ3) is 4.24. The highest BCUT2D eigenvalue weighted by atomic mass is 79.9. The SMILES string of the molecule is Cc1ccccc1CN1CCC(NC(=O)c2ccc(Br)o2)CC1. The van der Waals surface area contributed by atoms with Gasteiger partial charge in [-0.1, -0.05) is 24.3 Å². The van der Waals surface area contributed by atoms with E-state index in [4.69, 9.17) is 4.42 Å². The second kappa shape index (κ2) is 7.32. The Morgan fingerprint density at radius 2 is 2.00 bits per heavy atom. The molecule has 122 valence electrons. The summed E-state index contributed by atoms with van der Waals surface area (Å²) in [5.74, 6) is 0.229. The monoisotopic (exact) mass is 376 g/mol. The molecular formula is C18H21BrN2O2. The molecule has 0 aliphatic carbocycles. The Labute approximate surface area is 145 Å². The van der Waals surface area contributed by atoms with Gasteiger partial charge in [0.15, 0.2) is 10.4 Å². The first kappa shape index (κ1) is 16.3. The molecule has 1 aromatic heterocycles. The van der Waals surface area contributed by atoms with Crippen molar-refractivity contribution in [3.63, 3.8) is 0 Å². The number of piperidine rings is 1. The summed E-state index contributed by atoms with van der Waals surface area (Å²) in [5, 5.41) is 3.06. The highest BCUT2D eigenvalue weighted by molar-refractivity contribution is 9.10. The van der Waals surface area contributed by atoms with Crippen LogP contribution in [0.2, 0.25) is 0 Å². The van der Waals surface area contributed by atoms with Crippen LogP contribution in [0, 0.1) is 6.92 Å². The van der Waals surface area contributed by atoms with E-state index in [-0.39, 0.29) is 11.9 Å². The summed E-state index contributed by atoms with van der Waals surface area (Å²) < 4.78 is 5.87. The lowest BCUT2D eigenvalue weighted by atomic mass is 10.0. The minimum atomic E-state index is -0.131. The van der Waals surface area contributed by atoms with Gasteiger partial charge in [0.05, 0.1) is 0 Å². The lowest BCUT2D eigenvalue weighted by Crippen LogP contribution is -2.44. The third-order valence-corrected chi connectivity index (χ3v) is 4.80. The van der Waals surface area contributed by atoms with Crippen molar-refractivity contribution in [2.45, 2.75) is 32.4 Å². The van der Waals surface area contributed by atoms with Gasteiger partial charge < -0.3 is 9.73 Å². The van der Waals surface area contributed by atoms with E-state index in [0.29, 0.717) is 10.4 Å². The minimum absolute atomic E-state index is 0.131. The molecule has 0 unspecified atom stereocenters. The van der Waals surface area contributed by atoms with Gasteiger partial charge in [0.1, 0.15) is 0 Å². The fraction of sp³-hybridized carbons (Fsp3) is 0.389.